The molecule has 0 saturated carbocycles. The van der Waals surface area contributed by atoms with Gasteiger partial charge in [0, 0.05) is 23.0 Å². The normalized spacial score (nSPS) is 13.6. The third-order valence-corrected chi connectivity index (χ3v) is 3.28. The summed E-state index contributed by atoms with van der Waals surface area (Å²) in [4.78, 5) is 27.0. The van der Waals surface area contributed by atoms with Gasteiger partial charge < -0.3 is 10.1 Å². The minimum atomic E-state index is -0.404. The number of pyridine rings is 2. The van der Waals surface area contributed by atoms with Gasteiger partial charge in [-0.1, -0.05) is 0 Å². The van der Waals surface area contributed by atoms with Gasteiger partial charge in [0.2, 0.25) is 0 Å². The second kappa shape index (κ2) is 3.74. The van der Waals surface area contributed by atoms with Gasteiger partial charge in [0.05, 0.1) is 11.1 Å². The number of nitrogens with one attached hydrogen (secondary N) is 1. The Bertz CT molecular complexity index is 988. The first-order valence-electron chi connectivity index (χ1n) is 6.00. The van der Waals surface area contributed by atoms with Crippen LogP contribution in [-0.2, 0) is 4.79 Å². The Hall–Kier alpha value is -3.02. The molecule has 0 saturated heterocycles. The summed E-state index contributed by atoms with van der Waals surface area (Å²) < 4.78 is 0. The van der Waals surface area contributed by atoms with E-state index in [9.17, 15) is 9.90 Å². The number of aromatic hydroxyl groups is 1. The number of carbonyl (C=O) groups is 1. The van der Waals surface area contributed by atoms with Crippen LogP contribution >= 0.6 is 0 Å². The molecule has 0 aliphatic carbocycles. The van der Waals surface area contributed by atoms with E-state index in [0.717, 1.165) is 0 Å². The summed E-state index contributed by atoms with van der Waals surface area (Å²) in [6.07, 6.45) is 3.19. The van der Waals surface area contributed by atoms with Crippen LogP contribution in [0, 0.1) is 0 Å². The molecule has 0 atom stereocenters. The summed E-state index contributed by atoms with van der Waals surface area (Å²) in [6, 6.07) is 7.04. The van der Waals surface area contributed by atoms with Crippen LogP contribution in [0.2, 0.25) is 0 Å². The van der Waals surface area contributed by atoms with E-state index in [2.05, 4.69) is 19.9 Å². The van der Waals surface area contributed by atoms with Crippen LogP contribution in [0.3, 0.4) is 0 Å². The topological polar surface area (TPSA) is 91.2 Å². The molecule has 0 radical (unpaired) electrons. The first-order chi connectivity index (χ1) is 9.75. The predicted molar refractivity (Wildman–Crippen MR) is 70.3 cm³/mol. The lowest BCUT2D eigenvalue weighted by Crippen LogP contribution is -2.25. The second-order valence-corrected chi connectivity index (χ2v) is 4.41. The van der Waals surface area contributed by atoms with Gasteiger partial charge in [-0.15, -0.1) is 0 Å². The fourth-order valence-electron chi connectivity index (χ4n) is 2.45. The number of carbonyl (C=O) groups excluding carboxylic acids is 1. The van der Waals surface area contributed by atoms with Crippen molar-refractivity contribution in [3.05, 3.63) is 52.9 Å². The van der Waals surface area contributed by atoms with Gasteiger partial charge in [-0.2, -0.15) is 4.99 Å². The molecule has 3 aromatic heterocycles. The molecule has 1 aliphatic heterocycles. The lowest BCUT2D eigenvalue weighted by Gasteiger charge is -1.99. The fraction of sp³-hybridized carbons (Fsp3) is 0. The summed E-state index contributed by atoms with van der Waals surface area (Å²) in [6.45, 7) is 0. The Labute approximate surface area is 112 Å². The second-order valence-electron chi connectivity index (χ2n) is 4.41. The molecule has 96 valence electrons. The van der Waals surface area contributed by atoms with Crippen LogP contribution in [0.25, 0.3) is 16.6 Å². The number of hydrogen-bond donors (Lipinski definition) is 2. The highest BCUT2D eigenvalue weighted by atomic mass is 16.3. The molecule has 3 aromatic rings. The van der Waals surface area contributed by atoms with Crippen molar-refractivity contribution in [2.45, 2.75) is 0 Å². The van der Waals surface area contributed by atoms with Crippen LogP contribution in [-0.4, -0.2) is 26.0 Å². The maximum Gasteiger partial charge on any atom is 0.280 e. The number of fused-ring (bicyclic) bond motifs is 2. The smallest absolute Gasteiger partial charge is 0.280 e. The molecular formula is C14H8N4O2. The molecule has 2 N–H and O–H groups in total. The largest absolute Gasteiger partial charge is 0.494 e. The quantitative estimate of drug-likeness (QED) is 0.648. The van der Waals surface area contributed by atoms with Crippen molar-refractivity contribution in [1.82, 2.24) is 15.0 Å². The molecule has 4 heterocycles. The minimum absolute atomic E-state index is 0.0889. The van der Waals surface area contributed by atoms with E-state index in [4.69, 9.17) is 0 Å². The average molecular weight is 264 g/mol. The Kier molecular flexibility index (Phi) is 2.03. The fourth-order valence-corrected chi connectivity index (χ4v) is 2.45. The molecule has 4 rings (SSSR count). The first kappa shape index (κ1) is 10.9. The number of hydrogen-bond acceptors (Lipinski definition) is 4. The monoisotopic (exact) mass is 264 g/mol. The minimum Gasteiger partial charge on any atom is -0.494 e. The predicted octanol–water partition coefficient (Wildman–Crippen LogP) is 0.0223. The van der Waals surface area contributed by atoms with Crippen molar-refractivity contribution in [2.75, 3.05) is 0 Å². The van der Waals surface area contributed by atoms with Gasteiger partial charge in [0.25, 0.3) is 5.91 Å². The standard InChI is InChI=1S/C14H8N4O2/c19-13-9(7-3-1-5-15-11(7)17-13)10-8-4-2-6-16-12(8)18-14(10)20/h1-6,19H,(H,15,17). The number of H-pyrrole nitrogens is 1. The van der Waals surface area contributed by atoms with E-state index >= 15 is 0 Å². The van der Waals surface area contributed by atoms with Gasteiger partial charge in [-0.05, 0) is 24.3 Å². The molecule has 0 unspecified atom stereocenters. The van der Waals surface area contributed by atoms with Gasteiger partial charge >= 0.3 is 0 Å². The molecule has 0 spiro atoms. The van der Waals surface area contributed by atoms with Crippen molar-refractivity contribution in [3.63, 3.8) is 0 Å². The lowest BCUT2D eigenvalue weighted by atomic mass is 10.0. The van der Waals surface area contributed by atoms with Crippen LogP contribution in [0.5, 0.6) is 5.88 Å². The lowest BCUT2D eigenvalue weighted by molar-refractivity contribution is -0.112. The summed E-state index contributed by atoms with van der Waals surface area (Å²) >= 11 is 0. The first-order valence-corrected chi connectivity index (χ1v) is 6.00. The highest BCUT2D eigenvalue weighted by Gasteiger charge is 2.25. The molecule has 1 amide bonds. The number of amides is 1. The number of rotatable bonds is 1. The zero-order valence-electron chi connectivity index (χ0n) is 10.2. The van der Waals surface area contributed by atoms with E-state index in [-0.39, 0.29) is 5.88 Å². The summed E-state index contributed by atoms with van der Waals surface area (Å²) in [5, 5.41) is 11.4. The van der Waals surface area contributed by atoms with Crippen LogP contribution in [0.15, 0.2) is 41.7 Å². The van der Waals surface area contributed by atoms with Crippen molar-refractivity contribution >= 4 is 22.5 Å². The summed E-state index contributed by atoms with van der Waals surface area (Å²) in [5.74, 6) is -0.493. The van der Waals surface area contributed by atoms with Crippen LogP contribution < -0.4 is 10.7 Å². The van der Waals surface area contributed by atoms with Gasteiger partial charge in [-0.25, -0.2) is 9.97 Å². The Morgan fingerprint density at radius 1 is 1.10 bits per heavy atom. The highest BCUT2D eigenvalue weighted by molar-refractivity contribution is 6.24. The molecule has 20 heavy (non-hydrogen) atoms. The number of aromatic amines is 1. The van der Waals surface area contributed by atoms with Gasteiger partial charge in [0.15, 0.2) is 11.4 Å². The molecule has 6 nitrogen and oxygen atoms in total. The van der Waals surface area contributed by atoms with Crippen molar-refractivity contribution in [1.29, 1.82) is 0 Å². The van der Waals surface area contributed by atoms with Crippen LogP contribution in [0.4, 0.5) is 0 Å². The Morgan fingerprint density at radius 3 is 2.80 bits per heavy atom. The van der Waals surface area contributed by atoms with Gasteiger partial charge in [-0.3, -0.25) is 4.79 Å². The molecular weight excluding hydrogens is 256 g/mol. The molecule has 6 heteroatoms. The summed E-state index contributed by atoms with van der Waals surface area (Å²) in [5.41, 5.74) is 1.68. The Morgan fingerprint density at radius 2 is 1.90 bits per heavy atom. The third kappa shape index (κ3) is 1.33. The highest BCUT2D eigenvalue weighted by Crippen LogP contribution is 2.31. The molecule has 0 fully saturated rings. The van der Waals surface area contributed by atoms with E-state index < -0.39 is 5.91 Å². The summed E-state index contributed by atoms with van der Waals surface area (Å²) in [7, 11) is 0. The van der Waals surface area contributed by atoms with Crippen LogP contribution in [0.1, 0.15) is 5.56 Å². The maximum atomic E-state index is 12.1. The zero-order valence-corrected chi connectivity index (χ0v) is 10.2. The van der Waals surface area contributed by atoms with Crippen molar-refractivity contribution in [3.8, 4) is 5.88 Å². The molecule has 0 aromatic carbocycles. The van der Waals surface area contributed by atoms with E-state index in [1.165, 1.54) is 0 Å². The van der Waals surface area contributed by atoms with Crippen molar-refractivity contribution < 1.29 is 9.90 Å². The number of aromatic nitrogens is 3. The number of nitrogens with zero attached hydrogens (tertiary/aromatic N) is 3. The molecule has 0 bridgehead atoms. The maximum absolute atomic E-state index is 12.1. The van der Waals surface area contributed by atoms with E-state index in [1.807, 2.05) is 0 Å². The van der Waals surface area contributed by atoms with Crippen molar-refractivity contribution in [2.24, 2.45) is 4.99 Å². The molecule has 1 aliphatic rings. The van der Waals surface area contributed by atoms with E-state index in [0.29, 0.717) is 32.9 Å². The average Bonchev–Trinajstić information content (AvgIpc) is 2.94. The Balaban J connectivity index is 2.19. The SMILES string of the molecule is O=C1N=c2ncccc2=C1c1c(O)[nH]c2ncccc12. The van der Waals surface area contributed by atoms with Gasteiger partial charge in [0.1, 0.15) is 5.65 Å². The zero-order chi connectivity index (χ0) is 13.7. The third-order valence-electron chi connectivity index (χ3n) is 3.28. The van der Waals surface area contributed by atoms with E-state index in [1.54, 1.807) is 36.7 Å².